The Hall–Kier alpha value is -0.830. The van der Waals surface area contributed by atoms with Crippen LogP contribution >= 0.6 is 0 Å². The smallest absolute Gasteiger partial charge is 0.307 e. The van der Waals surface area contributed by atoms with Gasteiger partial charge in [-0.15, -0.1) is 6.58 Å². The van der Waals surface area contributed by atoms with E-state index in [9.17, 15) is 4.79 Å². The Morgan fingerprint density at radius 2 is 2.08 bits per heavy atom. The molecule has 2 atom stereocenters. The molecule has 12 heavy (non-hydrogen) atoms. The molecule has 0 spiro atoms. The molecule has 1 fully saturated rings. The van der Waals surface area contributed by atoms with Crippen molar-refractivity contribution in [1.29, 1.82) is 0 Å². The minimum Gasteiger partial charge on any atom is -0.481 e. The van der Waals surface area contributed by atoms with Crippen molar-refractivity contribution in [2.45, 2.75) is 26.4 Å². The highest BCUT2D eigenvalue weighted by molar-refractivity contribution is 5.73. The number of carbonyl (C=O) groups is 1. The average Bonchev–Trinajstić information content (AvgIpc) is 2.63. The fourth-order valence-corrected chi connectivity index (χ4v) is 0.759. The summed E-state index contributed by atoms with van der Waals surface area (Å²) in [7, 11) is 0. The molecule has 3 nitrogen and oxygen atoms in total. The molecule has 0 aromatic carbocycles. The third kappa shape index (κ3) is 4.91. The van der Waals surface area contributed by atoms with Crippen LogP contribution in [-0.4, -0.2) is 22.3 Å². The van der Waals surface area contributed by atoms with Crippen molar-refractivity contribution in [3.63, 3.8) is 0 Å². The number of aliphatic carboxylic acids is 1. The highest BCUT2D eigenvalue weighted by Gasteiger charge is 2.40. The van der Waals surface area contributed by atoms with E-state index in [0.29, 0.717) is 0 Å². The van der Waals surface area contributed by atoms with E-state index >= 15 is 0 Å². The van der Waals surface area contributed by atoms with Crippen LogP contribution in [0, 0.1) is 11.8 Å². The second-order valence-corrected chi connectivity index (χ2v) is 3.17. The summed E-state index contributed by atoms with van der Waals surface area (Å²) in [4.78, 5) is 10.1. The first-order valence-corrected chi connectivity index (χ1v) is 4.02. The van der Waals surface area contributed by atoms with Crippen LogP contribution in [0.3, 0.4) is 0 Å². The van der Waals surface area contributed by atoms with Crippen molar-refractivity contribution in [3.05, 3.63) is 12.7 Å². The summed E-state index contributed by atoms with van der Waals surface area (Å²) in [5, 5.41) is 16.4. The maximum absolute atomic E-state index is 10.1. The molecule has 0 aliphatic heterocycles. The maximum atomic E-state index is 10.1. The number of hydrogen-bond donors (Lipinski definition) is 2. The van der Waals surface area contributed by atoms with E-state index in [2.05, 4.69) is 6.58 Å². The zero-order valence-corrected chi connectivity index (χ0v) is 7.53. The van der Waals surface area contributed by atoms with E-state index in [1.807, 2.05) is 0 Å². The van der Waals surface area contributed by atoms with Crippen LogP contribution in [0.5, 0.6) is 0 Å². The lowest BCUT2D eigenvalue weighted by Gasteiger charge is -1.81. The van der Waals surface area contributed by atoms with Crippen LogP contribution in [0.4, 0.5) is 0 Å². The Morgan fingerprint density at radius 1 is 1.67 bits per heavy atom. The van der Waals surface area contributed by atoms with Gasteiger partial charge in [0.05, 0.1) is 5.92 Å². The van der Waals surface area contributed by atoms with E-state index < -0.39 is 5.97 Å². The molecule has 2 N–H and O–H groups in total. The first-order chi connectivity index (χ1) is 5.49. The minimum atomic E-state index is -0.685. The standard InChI is InChI=1S/C6H8O2.C3H8O/c1-2-4-3-5(4)6(7)8;1-3(2)4/h2,4-5H,1,3H2,(H,7,8);3-4H,1-2H3. The number of carboxylic acid groups (broad SMARTS) is 1. The van der Waals surface area contributed by atoms with E-state index in [1.54, 1.807) is 19.9 Å². The lowest BCUT2D eigenvalue weighted by Crippen LogP contribution is -1.97. The van der Waals surface area contributed by atoms with Crippen molar-refractivity contribution in [2.24, 2.45) is 11.8 Å². The number of aliphatic hydroxyl groups excluding tert-OH is 1. The Labute approximate surface area is 72.7 Å². The number of rotatable bonds is 2. The lowest BCUT2D eigenvalue weighted by molar-refractivity contribution is -0.138. The van der Waals surface area contributed by atoms with E-state index in [4.69, 9.17) is 10.2 Å². The summed E-state index contributed by atoms with van der Waals surface area (Å²) in [6.07, 6.45) is 2.33. The second kappa shape index (κ2) is 4.93. The summed E-state index contributed by atoms with van der Waals surface area (Å²) in [5.41, 5.74) is 0. The topological polar surface area (TPSA) is 57.5 Å². The number of carboxylic acids is 1. The van der Waals surface area contributed by atoms with Gasteiger partial charge in [-0.05, 0) is 26.2 Å². The summed E-state index contributed by atoms with van der Waals surface area (Å²) in [6, 6.07) is 0. The Balaban J connectivity index is 0.000000261. The summed E-state index contributed by atoms with van der Waals surface area (Å²) in [6.45, 7) is 6.94. The van der Waals surface area contributed by atoms with E-state index in [0.717, 1.165) is 6.42 Å². The first-order valence-electron chi connectivity index (χ1n) is 4.02. The van der Waals surface area contributed by atoms with Crippen molar-refractivity contribution < 1.29 is 15.0 Å². The minimum absolute atomic E-state index is 0.118. The molecule has 1 aliphatic rings. The summed E-state index contributed by atoms with van der Waals surface area (Å²) in [5.74, 6) is -0.546. The van der Waals surface area contributed by atoms with Gasteiger partial charge in [0.15, 0.2) is 0 Å². The highest BCUT2D eigenvalue weighted by atomic mass is 16.4. The normalized spacial score (nSPS) is 25.7. The molecule has 0 aromatic heterocycles. The summed E-state index contributed by atoms with van der Waals surface area (Å²) < 4.78 is 0. The van der Waals surface area contributed by atoms with Gasteiger partial charge in [0.1, 0.15) is 0 Å². The van der Waals surface area contributed by atoms with Gasteiger partial charge in [-0.1, -0.05) is 6.08 Å². The number of hydrogen-bond acceptors (Lipinski definition) is 2. The van der Waals surface area contributed by atoms with Crippen LogP contribution in [0.1, 0.15) is 20.3 Å². The Kier molecular flexibility index (Phi) is 4.59. The zero-order chi connectivity index (χ0) is 9.72. The third-order valence-electron chi connectivity index (χ3n) is 1.46. The fraction of sp³-hybridized carbons (Fsp3) is 0.667. The first kappa shape index (κ1) is 11.2. The fourth-order valence-electron chi connectivity index (χ4n) is 0.759. The molecule has 0 radical (unpaired) electrons. The van der Waals surface area contributed by atoms with Crippen molar-refractivity contribution >= 4 is 5.97 Å². The van der Waals surface area contributed by atoms with Gasteiger partial charge in [0, 0.05) is 6.10 Å². The van der Waals surface area contributed by atoms with E-state index in [-0.39, 0.29) is 17.9 Å². The molecule has 1 aliphatic carbocycles. The van der Waals surface area contributed by atoms with Gasteiger partial charge in [-0.2, -0.15) is 0 Å². The molecule has 0 heterocycles. The molecule has 0 bridgehead atoms. The van der Waals surface area contributed by atoms with Gasteiger partial charge >= 0.3 is 5.97 Å². The van der Waals surface area contributed by atoms with Crippen LogP contribution in [0.15, 0.2) is 12.7 Å². The molecule has 0 amide bonds. The van der Waals surface area contributed by atoms with Gasteiger partial charge in [0.2, 0.25) is 0 Å². The van der Waals surface area contributed by atoms with Crippen molar-refractivity contribution in [2.75, 3.05) is 0 Å². The molecular formula is C9H16O3. The Morgan fingerprint density at radius 3 is 2.17 bits per heavy atom. The quantitative estimate of drug-likeness (QED) is 0.617. The SMILES string of the molecule is C=CC1CC1C(=O)O.CC(C)O. The van der Waals surface area contributed by atoms with Crippen LogP contribution in [-0.2, 0) is 4.79 Å². The predicted molar refractivity (Wildman–Crippen MR) is 46.8 cm³/mol. The molecular weight excluding hydrogens is 156 g/mol. The zero-order valence-electron chi connectivity index (χ0n) is 7.53. The van der Waals surface area contributed by atoms with Gasteiger partial charge < -0.3 is 10.2 Å². The predicted octanol–water partition coefficient (Wildman–Crippen LogP) is 1.28. The lowest BCUT2D eigenvalue weighted by atomic mass is 10.3. The molecule has 70 valence electrons. The van der Waals surface area contributed by atoms with Crippen molar-refractivity contribution in [3.8, 4) is 0 Å². The highest BCUT2D eigenvalue weighted by Crippen LogP contribution is 2.38. The average molecular weight is 172 g/mol. The molecule has 2 unspecified atom stereocenters. The monoisotopic (exact) mass is 172 g/mol. The van der Waals surface area contributed by atoms with Crippen LogP contribution in [0.2, 0.25) is 0 Å². The molecule has 3 heteroatoms. The molecule has 0 aromatic rings. The number of allylic oxidation sites excluding steroid dienone is 1. The maximum Gasteiger partial charge on any atom is 0.307 e. The number of aliphatic hydroxyl groups is 1. The molecule has 1 rings (SSSR count). The van der Waals surface area contributed by atoms with Crippen LogP contribution < -0.4 is 0 Å². The molecule has 0 saturated heterocycles. The Bertz CT molecular complexity index is 160. The van der Waals surface area contributed by atoms with Crippen molar-refractivity contribution in [1.82, 2.24) is 0 Å². The van der Waals surface area contributed by atoms with Gasteiger partial charge in [0.25, 0.3) is 0 Å². The van der Waals surface area contributed by atoms with Gasteiger partial charge in [-0.3, -0.25) is 4.79 Å². The van der Waals surface area contributed by atoms with E-state index in [1.165, 1.54) is 0 Å². The van der Waals surface area contributed by atoms with Crippen LogP contribution in [0.25, 0.3) is 0 Å². The second-order valence-electron chi connectivity index (χ2n) is 3.17. The third-order valence-corrected chi connectivity index (χ3v) is 1.46. The molecule has 1 saturated carbocycles. The summed E-state index contributed by atoms with van der Waals surface area (Å²) >= 11 is 0. The van der Waals surface area contributed by atoms with Gasteiger partial charge in [-0.25, -0.2) is 0 Å². The largest absolute Gasteiger partial charge is 0.481 e.